The topological polar surface area (TPSA) is 46.2 Å². The monoisotopic (exact) mass is 337 g/mol. The summed E-state index contributed by atoms with van der Waals surface area (Å²) in [5.74, 6) is 5.31. The maximum Gasteiger partial charge on any atom is 0.266 e. The van der Waals surface area contributed by atoms with Crippen LogP contribution in [0.1, 0.15) is 78.1 Å². The Bertz CT molecular complexity index is 407. The SMILES string of the molecule is CCCCCC#CC(=O)S/C=C\C(=O)NCCCCCCCC. The molecule has 0 radical (unpaired) electrons. The highest BCUT2D eigenvalue weighted by Gasteiger charge is 1.97. The molecule has 0 saturated heterocycles. The van der Waals surface area contributed by atoms with E-state index in [1.54, 1.807) is 0 Å². The summed E-state index contributed by atoms with van der Waals surface area (Å²) in [6, 6.07) is 0. The molecule has 0 atom stereocenters. The van der Waals surface area contributed by atoms with Gasteiger partial charge in [-0.1, -0.05) is 64.7 Å². The minimum absolute atomic E-state index is 0.144. The number of carbonyl (C=O) groups excluding carboxylic acids is 2. The molecular formula is C19H31NO2S. The maximum absolute atomic E-state index is 11.5. The van der Waals surface area contributed by atoms with Crippen molar-refractivity contribution in [1.29, 1.82) is 0 Å². The summed E-state index contributed by atoms with van der Waals surface area (Å²) >= 11 is 0.967. The van der Waals surface area contributed by atoms with Crippen molar-refractivity contribution in [3.05, 3.63) is 11.5 Å². The molecule has 0 aliphatic carbocycles. The molecule has 0 aromatic carbocycles. The van der Waals surface area contributed by atoms with Crippen LogP contribution in [0.5, 0.6) is 0 Å². The van der Waals surface area contributed by atoms with Crippen molar-refractivity contribution in [2.45, 2.75) is 78.1 Å². The van der Waals surface area contributed by atoms with Crippen molar-refractivity contribution < 1.29 is 9.59 Å². The van der Waals surface area contributed by atoms with E-state index in [-0.39, 0.29) is 11.0 Å². The Morgan fingerprint density at radius 2 is 1.61 bits per heavy atom. The number of hydrogen-bond donors (Lipinski definition) is 1. The van der Waals surface area contributed by atoms with Gasteiger partial charge in [0.2, 0.25) is 5.91 Å². The Hall–Kier alpha value is -1.21. The third-order valence-corrected chi connectivity index (χ3v) is 3.91. The van der Waals surface area contributed by atoms with Gasteiger partial charge in [0, 0.05) is 19.0 Å². The van der Waals surface area contributed by atoms with Crippen molar-refractivity contribution in [2.24, 2.45) is 0 Å². The summed E-state index contributed by atoms with van der Waals surface area (Å²) in [5.41, 5.74) is 0. The minimum Gasteiger partial charge on any atom is -0.353 e. The zero-order chi connectivity index (χ0) is 17.2. The fourth-order valence-electron chi connectivity index (χ4n) is 1.96. The van der Waals surface area contributed by atoms with Crippen LogP contribution in [0.2, 0.25) is 0 Å². The highest BCUT2D eigenvalue weighted by molar-refractivity contribution is 8.16. The average Bonchev–Trinajstić information content (AvgIpc) is 2.54. The molecule has 0 unspecified atom stereocenters. The Kier molecular flexibility index (Phi) is 16.2. The van der Waals surface area contributed by atoms with Crippen LogP contribution in [-0.2, 0) is 9.59 Å². The van der Waals surface area contributed by atoms with Crippen LogP contribution in [-0.4, -0.2) is 17.6 Å². The van der Waals surface area contributed by atoms with Crippen LogP contribution in [0.25, 0.3) is 0 Å². The molecule has 3 nitrogen and oxygen atoms in total. The summed E-state index contributed by atoms with van der Waals surface area (Å²) in [7, 11) is 0. The summed E-state index contributed by atoms with van der Waals surface area (Å²) in [6.07, 6.45) is 12.7. The fourth-order valence-corrected chi connectivity index (χ4v) is 2.41. The first-order valence-corrected chi connectivity index (χ1v) is 9.72. The van der Waals surface area contributed by atoms with E-state index in [0.29, 0.717) is 6.54 Å². The summed E-state index contributed by atoms with van der Waals surface area (Å²) in [5, 5.41) is 4.13. The molecule has 1 N–H and O–H groups in total. The molecule has 23 heavy (non-hydrogen) atoms. The number of unbranched alkanes of at least 4 members (excludes halogenated alkanes) is 8. The van der Waals surface area contributed by atoms with Crippen LogP contribution in [0, 0.1) is 11.8 Å². The molecular weight excluding hydrogens is 306 g/mol. The van der Waals surface area contributed by atoms with Gasteiger partial charge < -0.3 is 5.32 Å². The first-order chi connectivity index (χ1) is 11.2. The molecule has 0 saturated carbocycles. The van der Waals surface area contributed by atoms with Gasteiger partial charge in [-0.3, -0.25) is 9.59 Å². The number of rotatable bonds is 12. The average molecular weight is 338 g/mol. The number of nitrogens with one attached hydrogen (secondary N) is 1. The molecule has 0 fully saturated rings. The van der Waals surface area contributed by atoms with Crippen molar-refractivity contribution in [1.82, 2.24) is 5.32 Å². The van der Waals surface area contributed by atoms with Crippen LogP contribution >= 0.6 is 11.8 Å². The molecule has 4 heteroatoms. The second kappa shape index (κ2) is 17.1. The largest absolute Gasteiger partial charge is 0.353 e. The Morgan fingerprint density at radius 1 is 0.957 bits per heavy atom. The normalized spacial score (nSPS) is 10.3. The predicted octanol–water partition coefficient (Wildman–Crippen LogP) is 4.82. The van der Waals surface area contributed by atoms with Crippen molar-refractivity contribution in [3.63, 3.8) is 0 Å². The van der Waals surface area contributed by atoms with E-state index in [1.807, 2.05) is 0 Å². The van der Waals surface area contributed by atoms with E-state index in [2.05, 4.69) is 31.0 Å². The van der Waals surface area contributed by atoms with Gasteiger partial charge in [0.25, 0.3) is 5.12 Å². The van der Waals surface area contributed by atoms with Gasteiger partial charge >= 0.3 is 0 Å². The molecule has 0 aromatic heterocycles. The van der Waals surface area contributed by atoms with E-state index in [1.165, 1.54) is 37.2 Å². The molecule has 0 aliphatic rings. The first-order valence-electron chi connectivity index (χ1n) is 8.84. The van der Waals surface area contributed by atoms with Crippen LogP contribution in [0.3, 0.4) is 0 Å². The standard InChI is InChI=1S/C19H31NO2S/c1-3-5-7-9-11-13-16-20-18(21)15-17-23-19(22)14-12-10-8-6-4-2/h15,17H,3-11,13,16H2,1-2H3,(H,20,21)/b17-15-. The lowest BCUT2D eigenvalue weighted by Gasteiger charge is -2.02. The van der Waals surface area contributed by atoms with Gasteiger partial charge in [0.1, 0.15) is 0 Å². The highest BCUT2D eigenvalue weighted by Crippen LogP contribution is 2.05. The Balaban J connectivity index is 3.61. The lowest BCUT2D eigenvalue weighted by Crippen LogP contribution is -2.21. The molecule has 0 bridgehead atoms. The van der Waals surface area contributed by atoms with Crippen molar-refractivity contribution >= 4 is 22.8 Å². The minimum atomic E-state index is -0.207. The second-order valence-electron chi connectivity index (χ2n) is 5.53. The smallest absolute Gasteiger partial charge is 0.266 e. The number of hydrogen-bond acceptors (Lipinski definition) is 3. The van der Waals surface area contributed by atoms with Gasteiger partial charge in [-0.15, -0.1) is 0 Å². The molecule has 1 amide bonds. The summed E-state index contributed by atoms with van der Waals surface area (Å²) < 4.78 is 0. The zero-order valence-electron chi connectivity index (χ0n) is 14.7. The van der Waals surface area contributed by atoms with Crippen molar-refractivity contribution in [3.8, 4) is 11.8 Å². The number of thioether (sulfide) groups is 1. The van der Waals surface area contributed by atoms with Crippen molar-refractivity contribution in [2.75, 3.05) is 6.54 Å². The Labute approximate surface area is 146 Å². The van der Waals surface area contributed by atoms with E-state index >= 15 is 0 Å². The Morgan fingerprint density at radius 3 is 2.35 bits per heavy atom. The molecule has 0 aliphatic heterocycles. The van der Waals surface area contributed by atoms with Gasteiger partial charge in [-0.05, 0) is 35.9 Å². The molecule has 0 rings (SSSR count). The van der Waals surface area contributed by atoms with Crippen LogP contribution in [0.15, 0.2) is 11.5 Å². The van der Waals surface area contributed by atoms with Gasteiger partial charge in [0.15, 0.2) is 0 Å². The molecule has 0 spiro atoms. The number of amides is 1. The lowest BCUT2D eigenvalue weighted by atomic mass is 10.1. The van der Waals surface area contributed by atoms with E-state index in [4.69, 9.17) is 0 Å². The molecule has 0 aromatic rings. The van der Waals surface area contributed by atoms with Crippen LogP contribution < -0.4 is 5.32 Å². The maximum atomic E-state index is 11.5. The first kappa shape index (κ1) is 21.8. The van der Waals surface area contributed by atoms with E-state index in [9.17, 15) is 9.59 Å². The van der Waals surface area contributed by atoms with Gasteiger partial charge in [-0.2, -0.15) is 0 Å². The summed E-state index contributed by atoms with van der Waals surface area (Å²) in [4.78, 5) is 23.0. The number of carbonyl (C=O) groups is 2. The molecule has 0 heterocycles. The predicted molar refractivity (Wildman–Crippen MR) is 100 cm³/mol. The van der Waals surface area contributed by atoms with Gasteiger partial charge in [-0.25, -0.2) is 0 Å². The third-order valence-electron chi connectivity index (χ3n) is 3.32. The summed E-state index contributed by atoms with van der Waals surface area (Å²) in [6.45, 7) is 5.04. The zero-order valence-corrected chi connectivity index (χ0v) is 15.5. The highest BCUT2D eigenvalue weighted by atomic mass is 32.2. The third kappa shape index (κ3) is 17.0. The quantitative estimate of drug-likeness (QED) is 0.315. The second-order valence-corrected chi connectivity index (χ2v) is 6.40. The van der Waals surface area contributed by atoms with E-state index < -0.39 is 0 Å². The van der Waals surface area contributed by atoms with Gasteiger partial charge in [0.05, 0.1) is 0 Å². The molecule has 130 valence electrons. The van der Waals surface area contributed by atoms with E-state index in [0.717, 1.165) is 50.3 Å². The van der Waals surface area contributed by atoms with Crippen LogP contribution in [0.4, 0.5) is 0 Å². The lowest BCUT2D eigenvalue weighted by molar-refractivity contribution is -0.116. The fraction of sp³-hybridized carbons (Fsp3) is 0.684.